The van der Waals surface area contributed by atoms with Crippen LogP contribution in [0.5, 0.6) is 5.75 Å². The average molecular weight is 283 g/mol. The maximum atomic E-state index is 13.7. The maximum Gasteiger partial charge on any atom is 0.310 e. The second kappa shape index (κ2) is 6.19. The summed E-state index contributed by atoms with van der Waals surface area (Å²) < 4.78 is 18.8. The second-order valence-corrected chi connectivity index (χ2v) is 4.99. The van der Waals surface area contributed by atoms with Crippen LogP contribution in [0.1, 0.15) is 12.0 Å². The molecule has 1 saturated heterocycles. The Balaban J connectivity index is 2.08. The van der Waals surface area contributed by atoms with Gasteiger partial charge in [0.1, 0.15) is 11.6 Å². The Kier molecular flexibility index (Phi) is 4.57. The van der Waals surface area contributed by atoms with Crippen molar-refractivity contribution < 1.29 is 24.1 Å². The van der Waals surface area contributed by atoms with Crippen LogP contribution >= 0.6 is 0 Å². The number of carbonyl (C=O) groups is 1. The van der Waals surface area contributed by atoms with Gasteiger partial charge in [0.05, 0.1) is 19.1 Å². The molecule has 1 aromatic rings. The number of ether oxygens (including phenoxy) is 1. The van der Waals surface area contributed by atoms with Gasteiger partial charge in [0, 0.05) is 25.2 Å². The summed E-state index contributed by atoms with van der Waals surface area (Å²) in [7, 11) is 1.51. The van der Waals surface area contributed by atoms with E-state index in [1.54, 1.807) is 12.1 Å². The van der Waals surface area contributed by atoms with Gasteiger partial charge in [-0.05, 0) is 24.6 Å². The zero-order chi connectivity index (χ0) is 14.7. The molecule has 1 aliphatic rings. The van der Waals surface area contributed by atoms with E-state index >= 15 is 0 Å². The molecule has 0 unspecified atom stereocenters. The Morgan fingerprint density at radius 1 is 1.55 bits per heavy atom. The lowest BCUT2D eigenvalue weighted by molar-refractivity contribution is -0.149. The molecule has 6 heteroatoms. The van der Waals surface area contributed by atoms with Crippen molar-refractivity contribution in [2.75, 3.05) is 20.2 Å². The van der Waals surface area contributed by atoms with Crippen LogP contribution in [0.4, 0.5) is 4.39 Å². The first-order chi connectivity index (χ1) is 9.51. The molecule has 1 heterocycles. The first kappa shape index (κ1) is 14.7. The molecule has 20 heavy (non-hydrogen) atoms. The minimum atomic E-state index is -1.02. The van der Waals surface area contributed by atoms with E-state index in [1.807, 2.05) is 4.90 Å². The highest BCUT2D eigenvalue weighted by Crippen LogP contribution is 2.22. The molecule has 2 rings (SSSR count). The van der Waals surface area contributed by atoms with Gasteiger partial charge in [-0.3, -0.25) is 9.69 Å². The van der Waals surface area contributed by atoms with Crippen LogP contribution in [-0.2, 0) is 11.3 Å². The molecule has 1 aliphatic heterocycles. The van der Waals surface area contributed by atoms with Crippen molar-refractivity contribution in [1.29, 1.82) is 0 Å². The normalized spacial score (nSPS) is 23.6. The highest BCUT2D eigenvalue weighted by atomic mass is 19.1. The van der Waals surface area contributed by atoms with Crippen LogP contribution < -0.4 is 4.74 Å². The lowest BCUT2D eigenvalue weighted by Crippen LogP contribution is -2.46. The number of benzene rings is 1. The summed E-state index contributed by atoms with van der Waals surface area (Å²) in [4.78, 5) is 12.9. The van der Waals surface area contributed by atoms with Gasteiger partial charge in [-0.15, -0.1) is 0 Å². The number of aliphatic hydroxyl groups is 1. The average Bonchev–Trinajstić information content (AvgIpc) is 2.43. The number of carboxylic acids is 1. The predicted molar refractivity (Wildman–Crippen MR) is 70.0 cm³/mol. The third-order valence-corrected chi connectivity index (χ3v) is 3.62. The number of hydrogen-bond donors (Lipinski definition) is 2. The summed E-state index contributed by atoms with van der Waals surface area (Å²) >= 11 is 0. The van der Waals surface area contributed by atoms with Gasteiger partial charge in [0.2, 0.25) is 0 Å². The standard InChI is InChI=1S/C14H18FNO4/c1-20-10-2-3-12(15)9(6-10)7-16-5-4-13(17)11(8-16)14(18)19/h2-3,6,11,13,17H,4-5,7-8H2,1H3,(H,18,19)/t11-,13+/m1/s1. The van der Waals surface area contributed by atoms with E-state index < -0.39 is 18.0 Å². The molecule has 0 amide bonds. The Hall–Kier alpha value is -1.66. The number of piperidine rings is 1. The highest BCUT2D eigenvalue weighted by molar-refractivity contribution is 5.71. The predicted octanol–water partition coefficient (Wildman–Crippen LogP) is 1.10. The molecular formula is C14H18FNO4. The van der Waals surface area contributed by atoms with Crippen LogP contribution in [0.25, 0.3) is 0 Å². The molecule has 110 valence electrons. The van der Waals surface area contributed by atoms with Gasteiger partial charge in [-0.1, -0.05) is 0 Å². The summed E-state index contributed by atoms with van der Waals surface area (Å²) in [5, 5.41) is 18.7. The molecule has 5 nitrogen and oxygen atoms in total. The summed E-state index contributed by atoms with van der Waals surface area (Å²) in [6.45, 7) is 1.06. The zero-order valence-electron chi connectivity index (χ0n) is 11.3. The Morgan fingerprint density at radius 2 is 2.30 bits per heavy atom. The summed E-state index contributed by atoms with van der Waals surface area (Å²) in [6, 6.07) is 4.48. The smallest absolute Gasteiger partial charge is 0.310 e. The van der Waals surface area contributed by atoms with E-state index in [1.165, 1.54) is 13.2 Å². The van der Waals surface area contributed by atoms with Gasteiger partial charge in [-0.2, -0.15) is 0 Å². The first-order valence-electron chi connectivity index (χ1n) is 6.47. The number of aliphatic hydroxyl groups excluding tert-OH is 1. The number of likely N-dealkylation sites (tertiary alicyclic amines) is 1. The van der Waals surface area contributed by atoms with Crippen molar-refractivity contribution >= 4 is 5.97 Å². The topological polar surface area (TPSA) is 70.0 Å². The maximum absolute atomic E-state index is 13.7. The number of halogens is 1. The number of nitrogens with zero attached hydrogens (tertiary/aromatic N) is 1. The van der Waals surface area contributed by atoms with E-state index in [0.717, 1.165) is 0 Å². The van der Waals surface area contributed by atoms with Crippen molar-refractivity contribution in [3.05, 3.63) is 29.6 Å². The van der Waals surface area contributed by atoms with Crippen molar-refractivity contribution in [3.63, 3.8) is 0 Å². The summed E-state index contributed by atoms with van der Waals surface area (Å²) in [6.07, 6.45) is -0.457. The molecule has 0 bridgehead atoms. The van der Waals surface area contributed by atoms with Crippen molar-refractivity contribution in [1.82, 2.24) is 4.90 Å². The van der Waals surface area contributed by atoms with Crippen LogP contribution in [0.3, 0.4) is 0 Å². The Bertz CT molecular complexity index is 494. The van der Waals surface area contributed by atoms with Crippen LogP contribution in [0, 0.1) is 11.7 Å². The fraction of sp³-hybridized carbons (Fsp3) is 0.500. The van der Waals surface area contributed by atoms with Crippen LogP contribution in [0.2, 0.25) is 0 Å². The van der Waals surface area contributed by atoms with Crippen LogP contribution in [-0.4, -0.2) is 47.4 Å². The molecular weight excluding hydrogens is 265 g/mol. The Labute approximate surface area is 116 Å². The van der Waals surface area contributed by atoms with Gasteiger partial charge >= 0.3 is 5.97 Å². The largest absolute Gasteiger partial charge is 0.497 e. The first-order valence-corrected chi connectivity index (χ1v) is 6.47. The van der Waals surface area contributed by atoms with Crippen molar-refractivity contribution in [2.24, 2.45) is 5.92 Å². The second-order valence-electron chi connectivity index (χ2n) is 4.99. The minimum absolute atomic E-state index is 0.215. The fourth-order valence-corrected chi connectivity index (χ4v) is 2.43. The number of aliphatic carboxylic acids is 1. The van der Waals surface area contributed by atoms with Gasteiger partial charge in [0.25, 0.3) is 0 Å². The molecule has 0 radical (unpaired) electrons. The lowest BCUT2D eigenvalue weighted by atomic mass is 9.94. The molecule has 1 aromatic carbocycles. The molecule has 0 spiro atoms. The third-order valence-electron chi connectivity index (χ3n) is 3.62. The van der Waals surface area contributed by atoms with Gasteiger partial charge < -0.3 is 14.9 Å². The Morgan fingerprint density at radius 3 is 2.95 bits per heavy atom. The van der Waals surface area contributed by atoms with E-state index in [-0.39, 0.29) is 12.4 Å². The summed E-state index contributed by atoms with van der Waals surface area (Å²) in [5.41, 5.74) is 0.463. The van der Waals surface area contributed by atoms with Gasteiger partial charge in [-0.25, -0.2) is 4.39 Å². The zero-order valence-corrected chi connectivity index (χ0v) is 11.3. The summed E-state index contributed by atoms with van der Waals surface area (Å²) in [5.74, 6) is -1.62. The van der Waals surface area contributed by atoms with E-state index in [2.05, 4.69) is 0 Å². The molecule has 0 aliphatic carbocycles. The lowest BCUT2D eigenvalue weighted by Gasteiger charge is -2.34. The molecule has 0 saturated carbocycles. The fourth-order valence-electron chi connectivity index (χ4n) is 2.43. The van der Waals surface area contributed by atoms with Crippen molar-refractivity contribution in [2.45, 2.75) is 19.1 Å². The minimum Gasteiger partial charge on any atom is -0.497 e. The number of hydrogen-bond acceptors (Lipinski definition) is 4. The van der Waals surface area contributed by atoms with Crippen LogP contribution in [0.15, 0.2) is 18.2 Å². The monoisotopic (exact) mass is 283 g/mol. The number of rotatable bonds is 4. The van der Waals surface area contributed by atoms with Gasteiger partial charge in [0.15, 0.2) is 0 Å². The van der Waals surface area contributed by atoms with E-state index in [4.69, 9.17) is 9.84 Å². The molecule has 2 atom stereocenters. The third kappa shape index (κ3) is 3.26. The quantitative estimate of drug-likeness (QED) is 0.866. The molecule has 0 aromatic heterocycles. The van der Waals surface area contributed by atoms with Crippen molar-refractivity contribution in [3.8, 4) is 5.75 Å². The highest BCUT2D eigenvalue weighted by Gasteiger charge is 2.33. The SMILES string of the molecule is COc1ccc(F)c(CN2CC[C@H](O)[C@H](C(=O)O)C2)c1. The van der Waals surface area contributed by atoms with E-state index in [9.17, 15) is 14.3 Å². The number of carboxylic acid groups (broad SMARTS) is 1. The number of methoxy groups -OCH3 is 1. The molecule has 2 N–H and O–H groups in total. The molecule has 1 fully saturated rings. The van der Waals surface area contributed by atoms with E-state index in [0.29, 0.717) is 30.8 Å².